The van der Waals surface area contributed by atoms with Crippen LogP contribution in [0.25, 0.3) is 0 Å². The Labute approximate surface area is 88.4 Å². The van der Waals surface area contributed by atoms with Crippen molar-refractivity contribution in [1.29, 1.82) is 0 Å². The average Bonchev–Trinajstić information content (AvgIpc) is 2.16. The van der Waals surface area contributed by atoms with E-state index in [9.17, 15) is 9.59 Å². The minimum atomic E-state index is -0.588. The van der Waals surface area contributed by atoms with Gasteiger partial charge in [0.1, 0.15) is 11.4 Å². The number of nitrogens with two attached hydrogens (primary N) is 1. The Balaban J connectivity index is 2.72. The number of amides is 2. The van der Waals surface area contributed by atoms with E-state index in [2.05, 4.69) is 0 Å². The van der Waals surface area contributed by atoms with Crippen molar-refractivity contribution in [2.75, 3.05) is 6.54 Å². The number of rotatable bonds is 2. The molecule has 80 valence electrons. The Morgan fingerprint density at radius 3 is 2.64 bits per heavy atom. The highest BCUT2D eigenvalue weighted by Gasteiger charge is 2.32. The zero-order valence-electron chi connectivity index (χ0n) is 8.20. The summed E-state index contributed by atoms with van der Waals surface area (Å²) in [6.45, 7) is 2.19. The molecule has 4 nitrogen and oxygen atoms in total. The molecule has 1 fully saturated rings. The second-order valence-corrected chi connectivity index (χ2v) is 4.22. The monoisotopic (exact) mass is 218 g/mol. The third kappa shape index (κ3) is 2.38. The first-order valence-electron chi connectivity index (χ1n) is 4.78. The third-order valence-corrected chi connectivity index (χ3v) is 2.64. The molecule has 0 radical (unpaired) electrons. The summed E-state index contributed by atoms with van der Waals surface area (Å²) in [4.78, 5) is 24.2. The first-order chi connectivity index (χ1) is 6.54. The van der Waals surface area contributed by atoms with Gasteiger partial charge in [-0.15, -0.1) is 11.6 Å². The maximum absolute atomic E-state index is 11.6. The van der Waals surface area contributed by atoms with Crippen molar-refractivity contribution < 1.29 is 9.59 Å². The Kier molecular flexibility index (Phi) is 3.75. The molecule has 14 heavy (non-hydrogen) atoms. The van der Waals surface area contributed by atoms with Crippen molar-refractivity contribution in [2.45, 2.75) is 37.6 Å². The van der Waals surface area contributed by atoms with E-state index < -0.39 is 17.3 Å². The standard InChI is InChI=1S/C9H15ClN2O2/c1-6(10)9(14)12-5-3-2-4-7(12)8(11)13/h6-7H,2-5H2,1H3,(H2,11,13). The molecule has 5 heteroatoms. The van der Waals surface area contributed by atoms with Gasteiger partial charge in [-0.2, -0.15) is 0 Å². The predicted molar refractivity (Wildman–Crippen MR) is 53.9 cm³/mol. The van der Waals surface area contributed by atoms with E-state index in [0.29, 0.717) is 13.0 Å². The van der Waals surface area contributed by atoms with Crippen molar-refractivity contribution in [2.24, 2.45) is 5.73 Å². The lowest BCUT2D eigenvalue weighted by molar-refractivity contribution is -0.140. The first kappa shape index (κ1) is 11.3. The molecule has 1 rings (SSSR count). The van der Waals surface area contributed by atoms with Crippen LogP contribution >= 0.6 is 11.6 Å². The normalized spacial score (nSPS) is 24.4. The molecule has 2 atom stereocenters. The van der Waals surface area contributed by atoms with E-state index in [1.807, 2.05) is 0 Å². The SMILES string of the molecule is CC(Cl)C(=O)N1CCCCC1C(N)=O. The van der Waals surface area contributed by atoms with Gasteiger partial charge in [-0.1, -0.05) is 0 Å². The van der Waals surface area contributed by atoms with E-state index >= 15 is 0 Å². The van der Waals surface area contributed by atoms with Gasteiger partial charge in [-0.25, -0.2) is 0 Å². The number of nitrogens with zero attached hydrogens (tertiary/aromatic N) is 1. The molecule has 2 N–H and O–H groups in total. The van der Waals surface area contributed by atoms with Gasteiger partial charge in [0.25, 0.3) is 0 Å². The molecule has 0 aromatic heterocycles. The molecule has 2 unspecified atom stereocenters. The number of hydrogen-bond acceptors (Lipinski definition) is 2. The van der Waals surface area contributed by atoms with Gasteiger partial charge in [-0.3, -0.25) is 9.59 Å². The summed E-state index contributed by atoms with van der Waals surface area (Å²) in [5.74, 6) is -0.634. The third-order valence-electron chi connectivity index (χ3n) is 2.45. The highest BCUT2D eigenvalue weighted by atomic mass is 35.5. The van der Waals surface area contributed by atoms with Gasteiger partial charge in [0.05, 0.1) is 0 Å². The molecular weight excluding hydrogens is 204 g/mol. The second kappa shape index (κ2) is 4.64. The van der Waals surface area contributed by atoms with Gasteiger partial charge in [-0.05, 0) is 26.2 Å². The molecule has 1 aliphatic rings. The molecule has 0 aromatic rings. The Morgan fingerprint density at radius 1 is 1.50 bits per heavy atom. The largest absolute Gasteiger partial charge is 0.368 e. The molecule has 0 bridgehead atoms. The molecule has 1 saturated heterocycles. The van der Waals surface area contributed by atoms with Gasteiger partial charge in [0.2, 0.25) is 11.8 Å². The fourth-order valence-corrected chi connectivity index (χ4v) is 1.84. The van der Waals surface area contributed by atoms with Crippen LogP contribution in [0.4, 0.5) is 0 Å². The highest BCUT2D eigenvalue weighted by molar-refractivity contribution is 6.30. The zero-order valence-corrected chi connectivity index (χ0v) is 8.96. The van der Waals surface area contributed by atoms with Crippen LogP contribution in [0.3, 0.4) is 0 Å². The van der Waals surface area contributed by atoms with Gasteiger partial charge < -0.3 is 10.6 Å². The van der Waals surface area contributed by atoms with Gasteiger partial charge in [0.15, 0.2) is 0 Å². The van der Waals surface area contributed by atoms with Crippen LogP contribution in [0.5, 0.6) is 0 Å². The lowest BCUT2D eigenvalue weighted by Gasteiger charge is -2.34. The summed E-state index contributed by atoms with van der Waals surface area (Å²) < 4.78 is 0. The number of alkyl halides is 1. The second-order valence-electron chi connectivity index (χ2n) is 3.56. The molecule has 1 heterocycles. The van der Waals surface area contributed by atoms with Crippen LogP contribution in [0, 0.1) is 0 Å². The highest BCUT2D eigenvalue weighted by Crippen LogP contribution is 2.18. The number of carbonyl (C=O) groups excluding carboxylic acids is 2. The van der Waals surface area contributed by atoms with E-state index in [1.165, 1.54) is 4.90 Å². The summed E-state index contributed by atoms with van der Waals surface area (Å²) in [5.41, 5.74) is 5.22. The Hall–Kier alpha value is -0.770. The molecule has 0 aliphatic carbocycles. The number of likely N-dealkylation sites (tertiary alicyclic amines) is 1. The predicted octanol–water partition coefficient (Wildman–Crippen LogP) is 0.480. The van der Waals surface area contributed by atoms with E-state index in [1.54, 1.807) is 6.92 Å². The van der Waals surface area contributed by atoms with Crippen LogP contribution in [0.2, 0.25) is 0 Å². The van der Waals surface area contributed by atoms with Crippen LogP contribution in [0.15, 0.2) is 0 Å². The molecule has 1 aliphatic heterocycles. The van der Waals surface area contributed by atoms with Crippen molar-refractivity contribution in [3.8, 4) is 0 Å². The van der Waals surface area contributed by atoms with Gasteiger partial charge in [0, 0.05) is 6.54 Å². The van der Waals surface area contributed by atoms with Crippen molar-refractivity contribution in [3.05, 3.63) is 0 Å². The molecule has 2 amide bonds. The van der Waals surface area contributed by atoms with Crippen molar-refractivity contribution >= 4 is 23.4 Å². The Bertz CT molecular complexity index is 243. The van der Waals surface area contributed by atoms with Gasteiger partial charge >= 0.3 is 0 Å². The van der Waals surface area contributed by atoms with Crippen LogP contribution < -0.4 is 5.73 Å². The van der Waals surface area contributed by atoms with Crippen LogP contribution in [0.1, 0.15) is 26.2 Å². The summed E-state index contributed by atoms with van der Waals surface area (Å²) in [5, 5.41) is -0.588. The van der Waals surface area contributed by atoms with E-state index in [-0.39, 0.29) is 5.91 Å². The number of halogens is 1. The lowest BCUT2D eigenvalue weighted by Crippen LogP contribution is -2.52. The minimum absolute atomic E-state index is 0.199. The van der Waals surface area contributed by atoms with E-state index in [4.69, 9.17) is 17.3 Å². The van der Waals surface area contributed by atoms with Crippen LogP contribution in [-0.4, -0.2) is 34.7 Å². The first-order valence-corrected chi connectivity index (χ1v) is 5.21. The molecular formula is C9H15ClN2O2. The molecule has 0 aromatic carbocycles. The number of hydrogen-bond donors (Lipinski definition) is 1. The number of piperidine rings is 1. The maximum atomic E-state index is 11.6. The summed E-state index contributed by atoms with van der Waals surface area (Å²) >= 11 is 5.69. The quantitative estimate of drug-likeness (QED) is 0.686. The summed E-state index contributed by atoms with van der Waals surface area (Å²) in [6, 6.07) is -0.461. The fourth-order valence-electron chi connectivity index (χ4n) is 1.72. The summed E-state index contributed by atoms with van der Waals surface area (Å²) in [6.07, 6.45) is 2.51. The van der Waals surface area contributed by atoms with Crippen LogP contribution in [-0.2, 0) is 9.59 Å². The molecule has 0 spiro atoms. The lowest BCUT2D eigenvalue weighted by atomic mass is 10.0. The Morgan fingerprint density at radius 2 is 2.14 bits per heavy atom. The number of primary amides is 1. The minimum Gasteiger partial charge on any atom is -0.368 e. The average molecular weight is 219 g/mol. The van der Waals surface area contributed by atoms with Crippen molar-refractivity contribution in [1.82, 2.24) is 4.90 Å². The van der Waals surface area contributed by atoms with E-state index in [0.717, 1.165) is 12.8 Å². The van der Waals surface area contributed by atoms with Crippen molar-refractivity contribution in [3.63, 3.8) is 0 Å². The molecule has 0 saturated carbocycles. The topological polar surface area (TPSA) is 63.4 Å². The zero-order chi connectivity index (χ0) is 10.7. The summed E-state index contributed by atoms with van der Waals surface area (Å²) in [7, 11) is 0. The smallest absolute Gasteiger partial charge is 0.241 e. The fraction of sp³-hybridized carbons (Fsp3) is 0.778. The number of carbonyl (C=O) groups is 2. The maximum Gasteiger partial charge on any atom is 0.241 e.